The number of hydrogen-bond acceptors (Lipinski definition) is 10. The number of rotatable bonds is 5. The first kappa shape index (κ1) is 28.3. The molecule has 0 spiro atoms. The molecule has 0 heterocycles. The average Bonchev–Trinajstić information content (AvgIpc) is 2.90. The van der Waals surface area contributed by atoms with Gasteiger partial charge in [0.25, 0.3) is 5.91 Å². The van der Waals surface area contributed by atoms with Crippen molar-refractivity contribution in [3.8, 4) is 16.9 Å². The predicted molar refractivity (Wildman–Crippen MR) is 141 cm³/mol. The molecule has 5 rings (SSSR count). The van der Waals surface area contributed by atoms with E-state index in [9.17, 15) is 39.0 Å². The van der Waals surface area contributed by atoms with Gasteiger partial charge in [0.15, 0.2) is 34.7 Å². The number of hydrogen-bond donors (Lipinski definition) is 4. The molecule has 41 heavy (non-hydrogen) atoms. The summed E-state index contributed by atoms with van der Waals surface area (Å²) in [6.45, 7) is 0. The number of benzene rings is 2. The van der Waals surface area contributed by atoms with Gasteiger partial charge in [-0.2, -0.15) is 0 Å². The minimum atomic E-state index is -2.78. The van der Waals surface area contributed by atoms with Crippen molar-refractivity contribution in [2.45, 2.75) is 24.5 Å². The summed E-state index contributed by atoms with van der Waals surface area (Å²) in [5.41, 5.74) is 6.49. The molecule has 12 heteroatoms. The Balaban J connectivity index is 1.63. The van der Waals surface area contributed by atoms with Crippen LogP contribution in [0.2, 0.25) is 0 Å². The third-order valence-electron chi connectivity index (χ3n) is 8.58. The standard InChI is InChI=1S/C29H29N3O9/c1-32(2)22-17-11-14-10-16-15(12-5-4-6-13(9-12)28(39)31-41-3)7-8-18(33)20(16)23(34)19(14)25(36)29(17,40)26(37)21(24(22)35)27(30)38/h4-9,14,17,19,21-22,33,40H,10-11H2,1-3H3,(H2,30,38)(H,31,39). The number of primary amides is 1. The zero-order valence-electron chi connectivity index (χ0n) is 22.5. The number of carbonyl (C=O) groups is 6. The van der Waals surface area contributed by atoms with Crippen molar-refractivity contribution in [1.29, 1.82) is 0 Å². The van der Waals surface area contributed by atoms with Gasteiger partial charge in [-0.15, -0.1) is 0 Å². The number of aromatic hydroxyl groups is 1. The number of carbonyl (C=O) groups excluding carboxylic acids is 6. The van der Waals surface area contributed by atoms with Gasteiger partial charge in [-0.1, -0.05) is 18.2 Å². The van der Waals surface area contributed by atoms with Crippen LogP contribution in [0.3, 0.4) is 0 Å². The average molecular weight is 564 g/mol. The number of nitrogens with two attached hydrogens (primary N) is 1. The molecule has 12 nitrogen and oxygen atoms in total. The molecule has 3 aliphatic carbocycles. The second-order valence-corrected chi connectivity index (χ2v) is 11.0. The van der Waals surface area contributed by atoms with Gasteiger partial charge in [-0.25, -0.2) is 5.48 Å². The lowest BCUT2D eigenvalue weighted by Crippen LogP contribution is -2.74. The van der Waals surface area contributed by atoms with E-state index in [2.05, 4.69) is 5.48 Å². The van der Waals surface area contributed by atoms with Crippen LogP contribution >= 0.6 is 0 Å². The Kier molecular flexibility index (Phi) is 6.88. The number of nitrogens with zero attached hydrogens (tertiary/aromatic N) is 1. The number of Topliss-reactive ketones (excluding diaryl/α,β-unsaturated/α-hetero) is 4. The zero-order chi connectivity index (χ0) is 30.0. The molecule has 3 aliphatic rings. The lowest BCUT2D eigenvalue weighted by Gasteiger charge is -2.52. The Morgan fingerprint density at radius 1 is 1.10 bits per heavy atom. The minimum absolute atomic E-state index is 0.0602. The van der Waals surface area contributed by atoms with Crippen LogP contribution in [0.15, 0.2) is 36.4 Å². The third kappa shape index (κ3) is 4.09. The molecule has 2 saturated carbocycles. The van der Waals surface area contributed by atoms with E-state index in [0.29, 0.717) is 16.7 Å². The quantitative estimate of drug-likeness (QED) is 0.280. The topological polar surface area (TPSA) is 193 Å². The predicted octanol–water partition coefficient (Wildman–Crippen LogP) is -0.175. The summed E-state index contributed by atoms with van der Waals surface area (Å²) in [7, 11) is 4.35. The van der Waals surface area contributed by atoms with Crippen molar-refractivity contribution in [1.82, 2.24) is 10.4 Å². The highest BCUT2D eigenvalue weighted by atomic mass is 16.6. The Hall–Kier alpha value is -4.26. The van der Waals surface area contributed by atoms with Crippen LogP contribution in [0.5, 0.6) is 5.75 Å². The number of hydroxylamine groups is 1. The number of phenols is 1. The summed E-state index contributed by atoms with van der Waals surface area (Å²) in [6.07, 6.45) is 0.0410. The number of fused-ring (bicyclic) bond motifs is 3. The lowest BCUT2D eigenvalue weighted by atomic mass is 9.52. The van der Waals surface area contributed by atoms with E-state index in [1.165, 1.54) is 32.2 Å². The molecule has 0 aliphatic heterocycles. The molecule has 2 aromatic rings. The molecule has 5 N–H and O–H groups in total. The van der Waals surface area contributed by atoms with Crippen LogP contribution < -0.4 is 11.2 Å². The van der Waals surface area contributed by atoms with Crippen LogP contribution in [-0.2, 0) is 30.4 Å². The normalized spacial score (nSPS) is 29.0. The van der Waals surface area contributed by atoms with Crippen molar-refractivity contribution in [3.05, 3.63) is 53.1 Å². The maximum absolute atomic E-state index is 13.9. The van der Waals surface area contributed by atoms with Crippen molar-refractivity contribution >= 4 is 34.9 Å². The van der Waals surface area contributed by atoms with Crippen LogP contribution in [0, 0.1) is 23.7 Å². The number of phenolic OH excluding ortho intramolecular Hbond substituents is 1. The van der Waals surface area contributed by atoms with E-state index in [-0.39, 0.29) is 29.7 Å². The highest BCUT2D eigenvalue weighted by Gasteiger charge is 2.69. The fourth-order valence-corrected chi connectivity index (χ4v) is 6.85. The van der Waals surface area contributed by atoms with E-state index in [0.717, 1.165) is 0 Å². The maximum Gasteiger partial charge on any atom is 0.274 e. The number of aliphatic hydroxyl groups is 1. The number of ketones is 4. The van der Waals surface area contributed by atoms with Gasteiger partial charge < -0.3 is 15.9 Å². The summed E-state index contributed by atoms with van der Waals surface area (Å²) in [4.78, 5) is 85.0. The molecule has 214 valence electrons. The lowest BCUT2D eigenvalue weighted by molar-refractivity contribution is -0.181. The second kappa shape index (κ2) is 9.98. The molecule has 0 saturated heterocycles. The van der Waals surface area contributed by atoms with Gasteiger partial charge >= 0.3 is 0 Å². The summed E-state index contributed by atoms with van der Waals surface area (Å²) in [6, 6.07) is 8.25. The molecule has 6 unspecified atom stereocenters. The smallest absolute Gasteiger partial charge is 0.274 e. The largest absolute Gasteiger partial charge is 0.507 e. The highest BCUT2D eigenvalue weighted by Crippen LogP contribution is 2.51. The second-order valence-electron chi connectivity index (χ2n) is 11.0. The van der Waals surface area contributed by atoms with Gasteiger partial charge in [0, 0.05) is 11.5 Å². The van der Waals surface area contributed by atoms with Crippen molar-refractivity contribution in [2.75, 3.05) is 21.2 Å². The van der Waals surface area contributed by atoms with E-state index in [4.69, 9.17) is 10.6 Å². The summed E-state index contributed by atoms with van der Waals surface area (Å²) >= 11 is 0. The Labute approximate surface area is 234 Å². The van der Waals surface area contributed by atoms with Gasteiger partial charge in [-0.3, -0.25) is 38.5 Å². The number of nitrogens with one attached hydrogen (secondary N) is 1. The number of amides is 2. The first-order valence-electron chi connectivity index (χ1n) is 13.0. The van der Waals surface area contributed by atoms with Crippen molar-refractivity contribution < 1.29 is 43.8 Å². The highest BCUT2D eigenvalue weighted by molar-refractivity contribution is 6.32. The minimum Gasteiger partial charge on any atom is -0.507 e. The van der Waals surface area contributed by atoms with Gasteiger partial charge in [-0.05, 0) is 67.7 Å². The summed E-state index contributed by atoms with van der Waals surface area (Å²) < 4.78 is 0. The van der Waals surface area contributed by atoms with Crippen LogP contribution in [0.4, 0.5) is 0 Å². The van der Waals surface area contributed by atoms with Crippen LogP contribution in [0.25, 0.3) is 11.1 Å². The third-order valence-corrected chi connectivity index (χ3v) is 8.58. The SMILES string of the molecule is CONC(=O)c1cccc(-c2ccc(O)c3c2CC2CC4C(N(C)C)C(=O)C(C(N)=O)C(=O)C4(O)C(=O)C2C3=O)c1. The summed E-state index contributed by atoms with van der Waals surface area (Å²) in [5.74, 6) is -11.6. The fourth-order valence-electron chi connectivity index (χ4n) is 6.85. The molecule has 0 radical (unpaired) electrons. The first-order chi connectivity index (χ1) is 19.3. The molecule has 0 bridgehead atoms. The Morgan fingerprint density at radius 2 is 1.80 bits per heavy atom. The molecular formula is C29H29N3O9. The van der Waals surface area contributed by atoms with Crippen LogP contribution in [-0.4, -0.2) is 82.9 Å². The molecule has 2 amide bonds. The van der Waals surface area contributed by atoms with E-state index in [1.54, 1.807) is 30.3 Å². The zero-order valence-corrected chi connectivity index (χ0v) is 22.5. The monoisotopic (exact) mass is 563 g/mol. The van der Waals surface area contributed by atoms with Crippen LogP contribution in [0.1, 0.15) is 32.7 Å². The molecule has 2 aromatic carbocycles. The van der Waals surface area contributed by atoms with E-state index < -0.39 is 70.3 Å². The number of likely N-dealkylation sites (N-methyl/N-ethyl adjacent to an activating group) is 1. The maximum atomic E-state index is 13.9. The Morgan fingerprint density at radius 3 is 2.44 bits per heavy atom. The van der Waals surface area contributed by atoms with E-state index >= 15 is 0 Å². The molecule has 2 fully saturated rings. The fraction of sp³-hybridized carbons (Fsp3) is 0.379. The summed E-state index contributed by atoms with van der Waals surface area (Å²) in [5, 5.41) is 22.4. The first-order valence-corrected chi connectivity index (χ1v) is 13.0. The van der Waals surface area contributed by atoms with E-state index in [1.807, 2.05) is 0 Å². The Bertz CT molecular complexity index is 1530. The molecule has 0 aromatic heterocycles. The van der Waals surface area contributed by atoms with Crippen molar-refractivity contribution in [3.63, 3.8) is 0 Å². The molecular weight excluding hydrogens is 534 g/mol. The molecule has 6 atom stereocenters. The van der Waals surface area contributed by atoms with Gasteiger partial charge in [0.1, 0.15) is 5.75 Å². The van der Waals surface area contributed by atoms with Crippen molar-refractivity contribution in [2.24, 2.45) is 29.4 Å². The van der Waals surface area contributed by atoms with Gasteiger partial charge in [0.2, 0.25) is 5.91 Å². The van der Waals surface area contributed by atoms with Gasteiger partial charge in [0.05, 0.1) is 24.6 Å².